The summed E-state index contributed by atoms with van der Waals surface area (Å²) < 4.78 is 12.0. The third kappa shape index (κ3) is 18.2. The molecule has 0 aliphatic heterocycles. The summed E-state index contributed by atoms with van der Waals surface area (Å²) in [5.74, 6) is -6.78. The number of aromatic nitrogens is 10. The number of aryl methyl sites for hydroxylation is 7. The second-order valence-corrected chi connectivity index (χ2v) is 24.2. The summed E-state index contributed by atoms with van der Waals surface area (Å²) in [5.41, 5.74) is 3.27. The van der Waals surface area contributed by atoms with Gasteiger partial charge in [-0.3, -0.25) is 52.7 Å². The van der Waals surface area contributed by atoms with Gasteiger partial charge in [0.15, 0.2) is 5.82 Å². The average molecular weight is 1400 g/mol. The molecule has 0 fully saturated rings. The smallest absolute Gasteiger partial charge is 0.335 e. The summed E-state index contributed by atoms with van der Waals surface area (Å²) in [6.07, 6.45) is 14.9. The Hall–Kier alpha value is -13.1. The van der Waals surface area contributed by atoms with Crippen molar-refractivity contribution in [1.29, 1.82) is 0 Å². The maximum atomic E-state index is 13.7. The van der Waals surface area contributed by atoms with Gasteiger partial charge in [0.05, 0.1) is 45.9 Å². The van der Waals surface area contributed by atoms with Crippen LogP contribution >= 0.6 is 0 Å². The van der Waals surface area contributed by atoms with E-state index < -0.39 is 65.2 Å². The molecule has 11 amide bonds. The number of benzene rings is 1. The standard InChI is InChI=1S/C67H78N22O13/c1-38(90)73-47(16-19-71-60(94)49-26-42(33-84(49)5)75-62(96)51-27-43(34-86(51)7)76-63(97)52-29-45(36-87(52)8)78-65(99)55-68-20-23-82(55)3)58(92)80-54-31-72-56(89(54)10)66(100)79-46-30-53(88(9)37-46)64(98)77-44-28-50(85(6)35-44)61(95)74-41-25-48(83(4)32-41)59(93)70-18-13-22-81(2)21-12-17-69-57(91)39-14-11-15-40(24-39)67(101)102/h11,14-15,20,23-37,47H,12-13,16-19,21-22H2,1-10H3,(H,69,91)(H,70,93)(H,71,94)(H,73,90)(H,74,95)(H,75,96)(H,76,97)(H,77,98)(H,78,99)(H,79,100)(H,80,92)(H,101,102)/t47-/m1/s1. The number of hydrogen-bond acceptors (Lipinski definition) is 15. The molecule has 0 saturated carbocycles. The molecule has 0 unspecified atom stereocenters. The Morgan fingerprint density at radius 3 is 1.21 bits per heavy atom. The number of carbonyl (C=O) groups is 12. The van der Waals surface area contributed by atoms with Gasteiger partial charge in [-0.1, -0.05) is 6.07 Å². The summed E-state index contributed by atoms with van der Waals surface area (Å²) in [4.78, 5) is 167. The molecule has 0 aliphatic carbocycles. The Morgan fingerprint density at radius 1 is 0.441 bits per heavy atom. The Labute approximate surface area is 583 Å². The summed E-state index contributed by atoms with van der Waals surface area (Å²) in [5, 5.41) is 39.4. The van der Waals surface area contributed by atoms with E-state index in [1.165, 1.54) is 115 Å². The van der Waals surface area contributed by atoms with E-state index in [1.54, 1.807) is 102 Å². The molecule has 9 rings (SSSR count). The third-order valence-electron chi connectivity index (χ3n) is 16.2. The van der Waals surface area contributed by atoms with Crippen molar-refractivity contribution in [1.82, 2.24) is 72.7 Å². The molecule has 0 radical (unpaired) electrons. The lowest BCUT2D eigenvalue weighted by molar-refractivity contribution is -0.125. The molecule has 9 aromatic rings. The topological polar surface area (TPSA) is 426 Å². The van der Waals surface area contributed by atoms with Gasteiger partial charge in [-0.2, -0.15) is 0 Å². The number of rotatable bonds is 30. The maximum Gasteiger partial charge on any atom is 0.335 e. The van der Waals surface area contributed by atoms with Crippen molar-refractivity contribution in [3.05, 3.63) is 173 Å². The van der Waals surface area contributed by atoms with Crippen LogP contribution in [0.2, 0.25) is 0 Å². The van der Waals surface area contributed by atoms with Crippen LogP contribution < -0.4 is 58.5 Å². The fourth-order valence-corrected chi connectivity index (χ4v) is 11.0. The van der Waals surface area contributed by atoms with E-state index in [9.17, 15) is 62.6 Å². The predicted molar refractivity (Wildman–Crippen MR) is 375 cm³/mol. The summed E-state index contributed by atoms with van der Waals surface area (Å²) in [6.45, 7) is 3.23. The molecule has 8 aromatic heterocycles. The minimum absolute atomic E-state index is 0.0316. The van der Waals surface area contributed by atoms with E-state index in [2.05, 4.69) is 73.4 Å². The lowest BCUT2D eigenvalue weighted by Crippen LogP contribution is -2.45. The van der Waals surface area contributed by atoms with Gasteiger partial charge in [0.1, 0.15) is 46.0 Å². The monoisotopic (exact) mass is 1400 g/mol. The minimum atomic E-state index is -1.17. The summed E-state index contributed by atoms with van der Waals surface area (Å²) >= 11 is 0. The molecule has 35 nitrogen and oxygen atoms in total. The second kappa shape index (κ2) is 32.1. The number of imidazole rings is 2. The maximum absolute atomic E-state index is 13.7. The van der Waals surface area contributed by atoms with Gasteiger partial charge in [-0.25, -0.2) is 14.8 Å². The van der Waals surface area contributed by atoms with Crippen LogP contribution in [0.4, 0.5) is 39.9 Å². The molecule has 1 atom stereocenters. The van der Waals surface area contributed by atoms with Gasteiger partial charge in [0.25, 0.3) is 53.2 Å². The highest BCUT2D eigenvalue weighted by atomic mass is 16.4. The molecular weight excluding hydrogens is 1320 g/mol. The van der Waals surface area contributed by atoms with Crippen LogP contribution in [0.5, 0.6) is 0 Å². The lowest BCUT2D eigenvalue weighted by atomic mass is 10.1. The van der Waals surface area contributed by atoms with Crippen molar-refractivity contribution in [2.45, 2.75) is 32.2 Å². The van der Waals surface area contributed by atoms with Crippen LogP contribution in [0.3, 0.4) is 0 Å². The van der Waals surface area contributed by atoms with Crippen molar-refractivity contribution >= 4 is 111 Å². The lowest BCUT2D eigenvalue weighted by Gasteiger charge is -2.18. The number of anilines is 7. The molecule has 0 saturated heterocycles. The van der Waals surface area contributed by atoms with Crippen molar-refractivity contribution in [2.24, 2.45) is 56.4 Å². The van der Waals surface area contributed by atoms with E-state index >= 15 is 0 Å². The number of hydrogen-bond donors (Lipinski definition) is 12. The van der Waals surface area contributed by atoms with E-state index in [4.69, 9.17) is 0 Å². The third-order valence-corrected chi connectivity index (χ3v) is 16.2. The fourth-order valence-electron chi connectivity index (χ4n) is 11.0. The number of nitrogens with one attached hydrogen (secondary N) is 11. The van der Waals surface area contributed by atoms with E-state index in [0.717, 1.165) is 0 Å². The normalized spacial score (nSPS) is 11.3. The molecule has 102 heavy (non-hydrogen) atoms. The van der Waals surface area contributed by atoms with Crippen molar-refractivity contribution in [3.63, 3.8) is 0 Å². The van der Waals surface area contributed by atoms with Crippen molar-refractivity contribution < 1.29 is 62.6 Å². The highest BCUT2D eigenvalue weighted by Gasteiger charge is 2.27. The number of carbonyl (C=O) groups excluding carboxylic acids is 11. The average Bonchev–Trinajstić information content (AvgIpc) is 1.68. The molecule has 8 heterocycles. The molecule has 35 heteroatoms. The predicted octanol–water partition coefficient (Wildman–Crippen LogP) is 3.53. The Kier molecular flexibility index (Phi) is 23.0. The SMILES string of the molecule is CC(=O)N[C@H](CCNC(=O)c1cc(NC(=O)c2cc(NC(=O)c3cc(NC(=O)c4nccn4C)cn3C)cn2C)cn1C)C(=O)Nc1cnc(C(=O)Nc2cc(C(=O)Nc3cc(C(=O)Nc4cc(C(=O)NCCCN(C)CCCNC(=O)c5cccc(C(=O)O)c5)n(C)c4)n(C)c3)n(C)c2)n1C. The number of aromatic carboxylic acids is 1. The zero-order valence-corrected chi connectivity index (χ0v) is 57.5. The molecule has 0 spiro atoms. The van der Waals surface area contributed by atoms with E-state index in [1.807, 2.05) is 7.05 Å². The number of amides is 11. The van der Waals surface area contributed by atoms with Crippen LogP contribution in [0.15, 0.2) is 116 Å². The quantitative estimate of drug-likeness (QED) is 0.0287. The highest BCUT2D eigenvalue weighted by Crippen LogP contribution is 2.24. The first-order valence-electron chi connectivity index (χ1n) is 31.8. The van der Waals surface area contributed by atoms with Gasteiger partial charge in [-0.05, 0) is 94.0 Å². The molecular formula is C67H78N22O13. The van der Waals surface area contributed by atoms with Gasteiger partial charge >= 0.3 is 5.97 Å². The molecule has 0 bridgehead atoms. The zero-order chi connectivity index (χ0) is 73.8. The molecule has 1 aromatic carbocycles. The molecule has 0 aliphatic rings. The second-order valence-electron chi connectivity index (χ2n) is 24.2. The van der Waals surface area contributed by atoms with E-state index in [-0.39, 0.29) is 98.9 Å². The van der Waals surface area contributed by atoms with Gasteiger partial charge in [0, 0.05) is 138 Å². The Balaban J connectivity index is 0.698. The largest absolute Gasteiger partial charge is 0.478 e. The zero-order valence-electron chi connectivity index (χ0n) is 57.5. The first kappa shape index (κ1) is 73.2. The summed E-state index contributed by atoms with van der Waals surface area (Å²) in [6, 6.07) is 13.5. The highest BCUT2D eigenvalue weighted by molar-refractivity contribution is 6.11. The number of nitrogens with zero attached hydrogens (tertiary/aromatic N) is 11. The van der Waals surface area contributed by atoms with Crippen LogP contribution in [-0.4, -0.2) is 173 Å². The fraction of sp³-hybridized carbons (Fsp3) is 0.284. The van der Waals surface area contributed by atoms with Crippen LogP contribution in [0.25, 0.3) is 0 Å². The van der Waals surface area contributed by atoms with Gasteiger partial charge in [0.2, 0.25) is 17.6 Å². The minimum Gasteiger partial charge on any atom is -0.478 e. The van der Waals surface area contributed by atoms with Crippen molar-refractivity contribution in [3.8, 4) is 0 Å². The van der Waals surface area contributed by atoms with Crippen LogP contribution in [-0.2, 0) is 66.0 Å². The van der Waals surface area contributed by atoms with Gasteiger partial charge < -0.3 is 105 Å². The number of carboxylic acid groups (broad SMARTS) is 1. The van der Waals surface area contributed by atoms with Crippen molar-refractivity contribution in [2.75, 3.05) is 77.0 Å². The first-order chi connectivity index (χ1) is 48.5. The van der Waals surface area contributed by atoms with E-state index in [0.29, 0.717) is 61.8 Å². The van der Waals surface area contributed by atoms with Crippen LogP contribution in [0.1, 0.15) is 131 Å². The Morgan fingerprint density at radius 2 is 0.814 bits per heavy atom. The summed E-state index contributed by atoms with van der Waals surface area (Å²) in [7, 11) is 14.8. The Bertz CT molecular complexity index is 4740. The van der Waals surface area contributed by atoms with Crippen LogP contribution in [0, 0.1) is 0 Å². The first-order valence-corrected chi connectivity index (χ1v) is 31.8. The molecule has 534 valence electrons. The van der Waals surface area contributed by atoms with Gasteiger partial charge in [-0.15, -0.1) is 0 Å². The number of carboxylic acids is 1. The molecule has 12 N–H and O–H groups in total.